The lowest BCUT2D eigenvalue weighted by Gasteiger charge is -2.54. The summed E-state index contributed by atoms with van der Waals surface area (Å²) in [6, 6.07) is 0. The van der Waals surface area contributed by atoms with E-state index in [-0.39, 0.29) is 5.57 Å². The molecule has 6 rings (SSSR count). The van der Waals surface area contributed by atoms with Gasteiger partial charge in [-0.2, -0.15) is 0 Å². The smallest absolute Gasteiger partial charge is 0.341 e. The van der Waals surface area contributed by atoms with Crippen LogP contribution in [-0.2, 0) is 33.3 Å². The highest BCUT2D eigenvalue weighted by atomic mass is 16.7. The van der Waals surface area contributed by atoms with E-state index in [1.165, 1.54) is 0 Å². The van der Waals surface area contributed by atoms with E-state index < -0.39 is 111 Å². The summed E-state index contributed by atoms with van der Waals surface area (Å²) in [6.45, 7) is 18.2. The number of aliphatic hydroxyl groups excluding tert-OH is 1. The Morgan fingerprint density at radius 1 is 0.976 bits per heavy atom. The quantitative estimate of drug-likeness (QED) is 0.192. The maximum Gasteiger partial charge on any atom is 0.341 e. The van der Waals surface area contributed by atoms with Crippen molar-refractivity contribution in [2.45, 2.75) is 121 Å². The minimum atomic E-state index is -2.29. The highest BCUT2D eigenvalue weighted by Crippen LogP contribution is 2.82. The Kier molecular flexibility index (Phi) is 5.97. The van der Waals surface area contributed by atoms with Crippen LogP contribution in [0.15, 0.2) is 12.2 Å². The van der Waals surface area contributed by atoms with E-state index in [0.29, 0.717) is 12.8 Å². The fourth-order valence-corrected chi connectivity index (χ4v) is 9.39. The summed E-state index contributed by atoms with van der Waals surface area (Å²) in [7, 11) is 0. The fraction of sp³-hybridized carbons (Fsp3) is 0.839. The van der Waals surface area contributed by atoms with Crippen LogP contribution < -0.4 is 0 Å². The van der Waals surface area contributed by atoms with Crippen molar-refractivity contribution in [1.82, 2.24) is 0 Å². The first-order chi connectivity index (χ1) is 19.3. The van der Waals surface area contributed by atoms with Gasteiger partial charge in [-0.05, 0) is 25.3 Å². The van der Waals surface area contributed by atoms with Crippen LogP contribution in [0.1, 0.15) is 68.2 Å². The fourth-order valence-electron chi connectivity index (χ4n) is 9.39. The molecule has 15 unspecified atom stereocenters. The molecule has 4 saturated carbocycles. The van der Waals surface area contributed by atoms with Gasteiger partial charge in [0.25, 0.3) is 0 Å². The van der Waals surface area contributed by atoms with Crippen molar-refractivity contribution in [3.05, 3.63) is 12.2 Å². The molecule has 0 aromatic carbocycles. The normalized spacial score (nSPS) is 53.5. The van der Waals surface area contributed by atoms with E-state index in [9.17, 15) is 34.8 Å². The Balaban J connectivity index is 1.58. The van der Waals surface area contributed by atoms with Crippen LogP contribution in [0.3, 0.4) is 0 Å². The van der Waals surface area contributed by atoms with Gasteiger partial charge in [0.15, 0.2) is 5.60 Å². The largest absolute Gasteiger partial charge is 0.479 e. The van der Waals surface area contributed by atoms with Gasteiger partial charge in [0.1, 0.15) is 35.6 Å². The van der Waals surface area contributed by atoms with Crippen molar-refractivity contribution in [3.63, 3.8) is 0 Å². The van der Waals surface area contributed by atoms with Gasteiger partial charge in [-0.15, -0.1) is 0 Å². The predicted octanol–water partition coefficient (Wildman–Crippen LogP) is 1.60. The zero-order valence-electron chi connectivity index (χ0n) is 25.5. The molecule has 42 heavy (non-hydrogen) atoms. The van der Waals surface area contributed by atoms with Gasteiger partial charge in [-0.25, -0.2) is 4.79 Å². The van der Waals surface area contributed by atoms with Crippen LogP contribution in [0, 0.1) is 40.9 Å². The van der Waals surface area contributed by atoms with Crippen molar-refractivity contribution in [2.75, 3.05) is 0 Å². The Morgan fingerprint density at radius 2 is 1.55 bits per heavy atom. The first kappa shape index (κ1) is 30.0. The first-order valence-electron chi connectivity index (χ1n) is 15.2. The molecule has 0 radical (unpaired) electrons. The summed E-state index contributed by atoms with van der Waals surface area (Å²) >= 11 is 0. The third kappa shape index (κ3) is 2.98. The van der Waals surface area contributed by atoms with E-state index in [2.05, 4.69) is 6.58 Å². The number of hydrogen-bond acceptors (Lipinski definition) is 10. The number of aliphatic hydroxyl groups is 3. The van der Waals surface area contributed by atoms with Gasteiger partial charge < -0.3 is 39.4 Å². The molecule has 0 bridgehead atoms. The number of esters is 2. The van der Waals surface area contributed by atoms with Gasteiger partial charge in [-0.1, -0.05) is 55.0 Å². The van der Waals surface area contributed by atoms with E-state index >= 15 is 0 Å². The van der Waals surface area contributed by atoms with Crippen molar-refractivity contribution in [3.8, 4) is 0 Å². The maximum absolute atomic E-state index is 13.4. The SMILES string of the molecule is C=C1C2(C)OC2C2C1(O)C(O)C1(C(=O)O)OC1C1C3C(C)(C)C3(OC(=O)C(C)CC)C(OC(=O)C(C)CC)C(C)C12O. The highest BCUT2D eigenvalue weighted by Gasteiger charge is 2.97. The van der Waals surface area contributed by atoms with Gasteiger partial charge in [0, 0.05) is 23.2 Å². The molecule has 6 aliphatic rings. The number of fused-ring (bicyclic) bond motifs is 9. The van der Waals surface area contributed by atoms with Crippen molar-refractivity contribution in [1.29, 1.82) is 0 Å². The lowest BCUT2D eigenvalue weighted by atomic mass is 9.57. The molecular weight excluding hydrogens is 548 g/mol. The molecule has 2 heterocycles. The van der Waals surface area contributed by atoms with Crippen LogP contribution in [-0.4, -0.2) is 90.8 Å². The summed E-state index contributed by atoms with van der Waals surface area (Å²) in [5, 5.41) is 47.6. The van der Waals surface area contributed by atoms with Crippen LogP contribution in [0.4, 0.5) is 0 Å². The molecule has 0 aromatic heterocycles. The van der Waals surface area contributed by atoms with Gasteiger partial charge in [0.05, 0.1) is 23.4 Å². The average molecular weight is 593 g/mol. The van der Waals surface area contributed by atoms with E-state index in [1.54, 1.807) is 27.7 Å². The number of carboxylic acids is 1. The number of carbonyl (C=O) groups excluding carboxylic acids is 2. The minimum Gasteiger partial charge on any atom is -0.479 e. The third-order valence-electron chi connectivity index (χ3n) is 12.6. The monoisotopic (exact) mass is 592 g/mol. The predicted molar refractivity (Wildman–Crippen MR) is 145 cm³/mol. The first-order valence-corrected chi connectivity index (χ1v) is 15.2. The molecule has 4 aliphatic carbocycles. The minimum absolute atomic E-state index is 0.0666. The number of epoxide rings is 2. The van der Waals surface area contributed by atoms with Crippen molar-refractivity contribution >= 4 is 17.9 Å². The number of carbonyl (C=O) groups is 3. The Hall–Kier alpha value is -2.05. The van der Waals surface area contributed by atoms with Gasteiger partial charge in [0.2, 0.25) is 5.60 Å². The number of rotatable bonds is 7. The highest BCUT2D eigenvalue weighted by molar-refractivity contribution is 5.84. The van der Waals surface area contributed by atoms with E-state index in [0.717, 1.165) is 0 Å². The van der Waals surface area contributed by atoms with E-state index in [4.69, 9.17) is 18.9 Å². The Labute approximate surface area is 245 Å². The number of hydrogen-bond donors (Lipinski definition) is 4. The third-order valence-corrected chi connectivity index (χ3v) is 12.6. The molecule has 2 saturated heterocycles. The van der Waals surface area contributed by atoms with Gasteiger partial charge in [-0.3, -0.25) is 9.59 Å². The average Bonchev–Trinajstić information content (AvgIpc) is 3.87. The summed E-state index contributed by atoms with van der Waals surface area (Å²) in [4.78, 5) is 39.6. The summed E-state index contributed by atoms with van der Waals surface area (Å²) in [5.74, 6) is -7.44. The Bertz CT molecular complexity index is 1280. The summed E-state index contributed by atoms with van der Waals surface area (Å²) in [6.07, 6.45) is -4.13. The lowest BCUT2D eigenvalue weighted by Crippen LogP contribution is -2.69. The second-order valence-electron chi connectivity index (χ2n) is 14.6. The summed E-state index contributed by atoms with van der Waals surface area (Å²) in [5.41, 5.74) is -9.88. The second-order valence-corrected chi connectivity index (χ2v) is 14.6. The van der Waals surface area contributed by atoms with Crippen molar-refractivity contribution < 1.29 is 53.8 Å². The second kappa shape index (κ2) is 8.35. The number of aliphatic carboxylic acids is 1. The molecule has 6 fully saturated rings. The number of ether oxygens (including phenoxy) is 4. The van der Waals surface area contributed by atoms with Crippen LogP contribution in [0.5, 0.6) is 0 Å². The maximum atomic E-state index is 13.4. The van der Waals surface area contributed by atoms with Gasteiger partial charge >= 0.3 is 17.9 Å². The molecule has 0 spiro atoms. The van der Waals surface area contributed by atoms with Crippen LogP contribution in [0.25, 0.3) is 0 Å². The standard InChI is InChI=1S/C31H44O11/c1-10-12(3)22(32)39-19-14(5)28(37)16(17-26(7,8)31(17,19)42-23(33)13(4)11-2)20-30(41-20,25(35)36)24(34)29(38)15(6)27(9)21(40-27)18(28)29/h12-14,16-21,24,34,37-38H,6,10-11H2,1-5,7-9H3,(H,35,36). The molecule has 2 aliphatic heterocycles. The van der Waals surface area contributed by atoms with Crippen molar-refractivity contribution in [2.24, 2.45) is 40.9 Å². The topological polar surface area (TPSA) is 176 Å². The molecule has 15 atom stereocenters. The molecule has 0 aromatic rings. The van der Waals surface area contributed by atoms with E-state index in [1.807, 2.05) is 27.7 Å². The molecule has 0 amide bonds. The number of carboxylic acid groups (broad SMARTS) is 1. The zero-order chi connectivity index (χ0) is 31.3. The zero-order valence-corrected chi connectivity index (χ0v) is 25.5. The Morgan fingerprint density at radius 3 is 2.10 bits per heavy atom. The van der Waals surface area contributed by atoms with Crippen LogP contribution >= 0.6 is 0 Å². The van der Waals surface area contributed by atoms with Crippen LogP contribution in [0.2, 0.25) is 0 Å². The molecular formula is C31H44O11. The molecule has 4 N–H and O–H groups in total. The molecule has 234 valence electrons. The molecule has 11 heteroatoms. The summed E-state index contributed by atoms with van der Waals surface area (Å²) < 4.78 is 24.4. The lowest BCUT2D eigenvalue weighted by molar-refractivity contribution is -0.256. The molecule has 11 nitrogen and oxygen atoms in total.